The molecule has 1 heterocycles. The van der Waals surface area contributed by atoms with Gasteiger partial charge in [-0.3, -0.25) is 14.4 Å². The van der Waals surface area contributed by atoms with E-state index in [-0.39, 0.29) is 11.4 Å². The molecule has 2 aromatic carbocycles. The Hall–Kier alpha value is -3.27. The zero-order valence-corrected chi connectivity index (χ0v) is 12.1. The van der Waals surface area contributed by atoms with Crippen LogP contribution < -0.4 is 0 Å². The quantitative estimate of drug-likeness (QED) is 0.601. The van der Waals surface area contributed by atoms with Crippen LogP contribution in [0.1, 0.15) is 20.7 Å². The number of amides is 2. The van der Waals surface area contributed by atoms with Gasteiger partial charge in [0.15, 0.2) is 5.78 Å². The molecule has 2 aliphatic rings. The average Bonchev–Trinajstić information content (AvgIpc) is 2.56. The highest BCUT2D eigenvalue weighted by Crippen LogP contribution is 2.32. The highest BCUT2D eigenvalue weighted by atomic mass is 16.2. The van der Waals surface area contributed by atoms with E-state index in [0.717, 1.165) is 10.3 Å². The molecule has 0 radical (unpaired) electrons. The molecule has 4 rings (SSSR count). The van der Waals surface area contributed by atoms with Crippen molar-refractivity contribution in [3.8, 4) is 0 Å². The van der Waals surface area contributed by atoms with Crippen LogP contribution in [0, 0.1) is 0 Å². The molecule has 4 nitrogen and oxygen atoms in total. The van der Waals surface area contributed by atoms with Crippen LogP contribution in [-0.4, -0.2) is 22.5 Å². The number of benzene rings is 2. The molecular weight excluding hydrogens is 290 g/mol. The summed E-state index contributed by atoms with van der Waals surface area (Å²) in [6.45, 7) is 3.65. The number of allylic oxidation sites excluding steroid dienone is 4. The van der Waals surface area contributed by atoms with Crippen molar-refractivity contribution in [3.05, 3.63) is 83.6 Å². The van der Waals surface area contributed by atoms with Crippen molar-refractivity contribution in [2.45, 2.75) is 0 Å². The van der Waals surface area contributed by atoms with Crippen molar-refractivity contribution < 1.29 is 14.4 Å². The predicted octanol–water partition coefficient (Wildman–Crippen LogP) is 3.01. The molecule has 1 aliphatic heterocycles. The second-order valence-electron chi connectivity index (χ2n) is 5.45. The van der Waals surface area contributed by atoms with Crippen molar-refractivity contribution >= 4 is 28.4 Å². The van der Waals surface area contributed by atoms with Crippen molar-refractivity contribution in [2.75, 3.05) is 0 Å². The second-order valence-corrected chi connectivity index (χ2v) is 5.45. The fourth-order valence-electron chi connectivity index (χ4n) is 2.97. The molecule has 2 aromatic rings. The molecule has 0 spiro atoms. The SMILES string of the molecule is C=C1C=C(N2C(=O)c3cccc4cccc(c34)C2=O)C=CC1=O. The molecule has 0 bridgehead atoms. The van der Waals surface area contributed by atoms with Crippen molar-refractivity contribution in [1.29, 1.82) is 0 Å². The van der Waals surface area contributed by atoms with Gasteiger partial charge in [-0.25, -0.2) is 4.90 Å². The highest BCUT2D eigenvalue weighted by molar-refractivity contribution is 6.26. The summed E-state index contributed by atoms with van der Waals surface area (Å²) < 4.78 is 0. The first-order chi connectivity index (χ1) is 11.1. The van der Waals surface area contributed by atoms with E-state index in [9.17, 15) is 14.4 Å². The van der Waals surface area contributed by atoms with Crippen LogP contribution in [-0.2, 0) is 4.79 Å². The second kappa shape index (κ2) is 4.61. The molecule has 4 heteroatoms. The summed E-state index contributed by atoms with van der Waals surface area (Å²) in [5.74, 6) is -1.01. The monoisotopic (exact) mass is 301 g/mol. The smallest absolute Gasteiger partial charge is 0.265 e. The van der Waals surface area contributed by atoms with E-state index in [1.807, 2.05) is 12.1 Å². The molecule has 0 saturated carbocycles. The minimum atomic E-state index is -0.391. The number of ketones is 1. The van der Waals surface area contributed by atoms with E-state index < -0.39 is 11.8 Å². The van der Waals surface area contributed by atoms with Gasteiger partial charge in [-0.15, -0.1) is 0 Å². The number of rotatable bonds is 1. The molecule has 0 fully saturated rings. The molecular formula is C19H11NO3. The lowest BCUT2D eigenvalue weighted by Crippen LogP contribution is -2.39. The maximum absolute atomic E-state index is 12.8. The predicted molar refractivity (Wildman–Crippen MR) is 85.8 cm³/mol. The largest absolute Gasteiger partial charge is 0.289 e. The minimum absolute atomic E-state index is 0.229. The molecule has 1 aliphatic carbocycles. The topological polar surface area (TPSA) is 54.5 Å². The third-order valence-electron chi connectivity index (χ3n) is 4.07. The van der Waals surface area contributed by atoms with Gasteiger partial charge < -0.3 is 0 Å². The normalized spacial score (nSPS) is 17.0. The fourth-order valence-corrected chi connectivity index (χ4v) is 2.97. The number of carbonyl (C=O) groups is 3. The molecule has 0 unspecified atom stereocenters. The van der Waals surface area contributed by atoms with Gasteiger partial charge in [0, 0.05) is 22.1 Å². The molecule has 0 saturated heterocycles. The number of hydrogen-bond donors (Lipinski definition) is 0. The lowest BCUT2D eigenvalue weighted by molar-refractivity contribution is -0.111. The van der Waals surface area contributed by atoms with Gasteiger partial charge in [0.05, 0.1) is 5.70 Å². The summed E-state index contributed by atoms with van der Waals surface area (Å²) in [6.07, 6.45) is 4.26. The van der Waals surface area contributed by atoms with Crippen LogP contribution in [0.4, 0.5) is 0 Å². The van der Waals surface area contributed by atoms with E-state index in [1.165, 1.54) is 18.2 Å². The number of nitrogens with zero attached hydrogens (tertiary/aromatic N) is 1. The summed E-state index contributed by atoms with van der Waals surface area (Å²) in [7, 11) is 0. The van der Waals surface area contributed by atoms with Crippen LogP contribution in [0.2, 0.25) is 0 Å². The Kier molecular flexibility index (Phi) is 2.69. The number of carbonyl (C=O) groups excluding carboxylic acids is 3. The molecule has 0 aromatic heterocycles. The van der Waals surface area contributed by atoms with Gasteiger partial charge in [-0.05, 0) is 35.7 Å². The third kappa shape index (κ3) is 1.82. The lowest BCUT2D eigenvalue weighted by atomic mass is 9.93. The maximum atomic E-state index is 12.8. The molecule has 2 amide bonds. The van der Waals surface area contributed by atoms with E-state index in [4.69, 9.17) is 0 Å². The Bertz CT molecular complexity index is 944. The summed E-state index contributed by atoms with van der Waals surface area (Å²) in [5.41, 5.74) is 1.57. The maximum Gasteiger partial charge on any atom is 0.265 e. The first-order valence-electron chi connectivity index (χ1n) is 7.11. The van der Waals surface area contributed by atoms with E-state index in [0.29, 0.717) is 22.2 Å². The van der Waals surface area contributed by atoms with Crippen LogP contribution in [0.25, 0.3) is 10.8 Å². The first kappa shape index (κ1) is 13.4. The van der Waals surface area contributed by atoms with Crippen molar-refractivity contribution in [2.24, 2.45) is 0 Å². The Morgan fingerprint density at radius 1 is 0.826 bits per heavy atom. The summed E-state index contributed by atoms with van der Waals surface area (Å²) in [5, 5.41) is 1.53. The van der Waals surface area contributed by atoms with Gasteiger partial charge >= 0.3 is 0 Å². The van der Waals surface area contributed by atoms with Crippen LogP contribution in [0.5, 0.6) is 0 Å². The Morgan fingerprint density at radius 2 is 1.43 bits per heavy atom. The van der Waals surface area contributed by atoms with E-state index in [1.54, 1.807) is 24.3 Å². The van der Waals surface area contributed by atoms with Gasteiger partial charge in [0.1, 0.15) is 0 Å². The average molecular weight is 301 g/mol. The van der Waals surface area contributed by atoms with Gasteiger partial charge in [0.25, 0.3) is 11.8 Å². The zero-order valence-electron chi connectivity index (χ0n) is 12.1. The Morgan fingerprint density at radius 3 is 2.00 bits per heavy atom. The molecule has 0 atom stereocenters. The first-order valence-corrected chi connectivity index (χ1v) is 7.11. The number of imide groups is 1. The van der Waals surface area contributed by atoms with Crippen LogP contribution in [0.15, 0.2) is 72.5 Å². The van der Waals surface area contributed by atoms with Gasteiger partial charge in [0.2, 0.25) is 0 Å². The van der Waals surface area contributed by atoms with Crippen molar-refractivity contribution in [1.82, 2.24) is 4.90 Å². The zero-order chi connectivity index (χ0) is 16.1. The Labute approximate surface area is 132 Å². The van der Waals surface area contributed by atoms with Crippen LogP contribution >= 0.6 is 0 Å². The van der Waals surface area contributed by atoms with Gasteiger partial charge in [-0.2, -0.15) is 0 Å². The van der Waals surface area contributed by atoms with Crippen molar-refractivity contribution in [3.63, 3.8) is 0 Å². The highest BCUT2D eigenvalue weighted by Gasteiger charge is 2.34. The fraction of sp³-hybridized carbons (Fsp3) is 0. The standard InChI is InChI=1S/C19H11NO3/c1-11-10-13(8-9-16(11)21)20-18(22)14-6-2-4-12-5-3-7-15(17(12)14)19(20)23/h2-10H,1H2. The summed E-state index contributed by atoms with van der Waals surface area (Å²) in [6, 6.07) is 10.8. The third-order valence-corrected chi connectivity index (χ3v) is 4.07. The molecule has 23 heavy (non-hydrogen) atoms. The lowest BCUT2D eigenvalue weighted by Gasteiger charge is -2.28. The minimum Gasteiger partial charge on any atom is -0.289 e. The van der Waals surface area contributed by atoms with E-state index >= 15 is 0 Å². The molecule has 110 valence electrons. The van der Waals surface area contributed by atoms with Gasteiger partial charge in [-0.1, -0.05) is 30.8 Å². The Balaban J connectivity index is 1.94. The summed E-state index contributed by atoms with van der Waals surface area (Å²) >= 11 is 0. The molecule has 0 N–H and O–H groups in total. The number of hydrogen-bond acceptors (Lipinski definition) is 3. The summed E-state index contributed by atoms with van der Waals surface area (Å²) in [4.78, 5) is 38.3. The van der Waals surface area contributed by atoms with Crippen LogP contribution in [0.3, 0.4) is 0 Å². The van der Waals surface area contributed by atoms with E-state index in [2.05, 4.69) is 6.58 Å².